The van der Waals surface area contributed by atoms with E-state index in [0.29, 0.717) is 37.6 Å². The Kier molecular flexibility index (Phi) is 9.22. The van der Waals surface area contributed by atoms with Gasteiger partial charge in [-0.2, -0.15) is 13.2 Å². The lowest BCUT2D eigenvalue weighted by Gasteiger charge is -2.19. The number of hydrogen-bond donors (Lipinski definition) is 2. The van der Waals surface area contributed by atoms with E-state index in [-0.39, 0.29) is 42.3 Å². The van der Waals surface area contributed by atoms with Crippen LogP contribution in [0, 0.1) is 10.1 Å². The molecule has 0 amide bonds. The second kappa shape index (κ2) is 10.6. The third-order valence-electron chi connectivity index (χ3n) is 3.90. The summed E-state index contributed by atoms with van der Waals surface area (Å²) in [6.45, 7) is 2.47. The molecule has 1 aliphatic rings. The number of hydrogen-bond acceptors (Lipinski definition) is 4. The normalized spacial score (nSPS) is 18.1. The van der Waals surface area contributed by atoms with Crippen molar-refractivity contribution >= 4 is 35.6 Å². The lowest BCUT2D eigenvalue weighted by atomic mass is 10.2. The van der Waals surface area contributed by atoms with E-state index in [1.54, 1.807) is 12.1 Å². The number of guanidine groups is 1. The van der Waals surface area contributed by atoms with Crippen LogP contribution in [-0.4, -0.2) is 54.2 Å². The number of alkyl halides is 3. The standard InChI is InChI=1S/C16H22F3N5O2.HI/c1-2-20-15(21-9-12-4-3-5-14(8-12)24(25)26)22-13-6-7-23(10-13)11-16(17,18)19;/h3-5,8,13H,2,6-7,9-11H2,1H3,(H2,20,21,22);1H. The number of nitrogens with zero attached hydrogens (tertiary/aromatic N) is 3. The maximum absolute atomic E-state index is 12.5. The maximum Gasteiger partial charge on any atom is 0.401 e. The van der Waals surface area contributed by atoms with Gasteiger partial charge in [-0.3, -0.25) is 15.0 Å². The molecule has 7 nitrogen and oxygen atoms in total. The molecule has 2 rings (SSSR count). The largest absolute Gasteiger partial charge is 0.401 e. The predicted molar refractivity (Wildman–Crippen MR) is 107 cm³/mol. The molecule has 0 radical (unpaired) electrons. The van der Waals surface area contributed by atoms with Gasteiger partial charge >= 0.3 is 6.18 Å². The Bertz CT molecular complexity index is 657. The van der Waals surface area contributed by atoms with E-state index in [0.717, 1.165) is 0 Å². The van der Waals surface area contributed by atoms with Gasteiger partial charge in [-0.05, 0) is 18.9 Å². The van der Waals surface area contributed by atoms with Crippen LogP contribution in [0.1, 0.15) is 18.9 Å². The molecule has 2 N–H and O–H groups in total. The molecule has 0 bridgehead atoms. The fourth-order valence-electron chi connectivity index (χ4n) is 2.80. The summed E-state index contributed by atoms with van der Waals surface area (Å²) in [6.07, 6.45) is -3.60. The van der Waals surface area contributed by atoms with E-state index < -0.39 is 17.6 Å². The smallest absolute Gasteiger partial charge is 0.357 e. The molecule has 152 valence electrons. The number of aliphatic imine (C=N–C) groups is 1. The van der Waals surface area contributed by atoms with E-state index in [9.17, 15) is 23.3 Å². The van der Waals surface area contributed by atoms with Crippen molar-refractivity contribution in [1.29, 1.82) is 0 Å². The van der Waals surface area contributed by atoms with E-state index >= 15 is 0 Å². The third-order valence-corrected chi connectivity index (χ3v) is 3.90. The van der Waals surface area contributed by atoms with Crippen molar-refractivity contribution in [1.82, 2.24) is 15.5 Å². The number of halogens is 4. The van der Waals surface area contributed by atoms with Crippen LogP contribution < -0.4 is 10.6 Å². The fourth-order valence-corrected chi connectivity index (χ4v) is 2.80. The van der Waals surface area contributed by atoms with Gasteiger partial charge in [0, 0.05) is 37.8 Å². The number of non-ortho nitro benzene ring substituents is 1. The summed E-state index contributed by atoms with van der Waals surface area (Å²) in [5.74, 6) is 0.484. The van der Waals surface area contributed by atoms with Gasteiger partial charge in [0.15, 0.2) is 5.96 Å². The summed E-state index contributed by atoms with van der Waals surface area (Å²) in [5.41, 5.74) is 0.677. The minimum atomic E-state index is -4.20. The zero-order chi connectivity index (χ0) is 19.2. The monoisotopic (exact) mass is 501 g/mol. The number of nitro groups is 1. The van der Waals surface area contributed by atoms with Crippen LogP contribution in [0.25, 0.3) is 0 Å². The minimum Gasteiger partial charge on any atom is -0.357 e. The number of nitrogens with one attached hydrogen (secondary N) is 2. The van der Waals surface area contributed by atoms with Crippen LogP contribution >= 0.6 is 24.0 Å². The first-order chi connectivity index (χ1) is 12.3. The minimum absolute atomic E-state index is 0. The van der Waals surface area contributed by atoms with Crippen molar-refractivity contribution < 1.29 is 18.1 Å². The highest BCUT2D eigenvalue weighted by atomic mass is 127. The molecule has 1 fully saturated rings. The maximum atomic E-state index is 12.5. The molecule has 1 aromatic carbocycles. The second-order valence-electron chi connectivity index (χ2n) is 6.10. The average Bonchev–Trinajstić information content (AvgIpc) is 2.98. The van der Waals surface area contributed by atoms with Crippen LogP contribution in [0.15, 0.2) is 29.3 Å². The van der Waals surface area contributed by atoms with Crippen molar-refractivity contribution in [3.8, 4) is 0 Å². The molecule has 1 unspecified atom stereocenters. The lowest BCUT2D eigenvalue weighted by Crippen LogP contribution is -2.45. The molecule has 1 saturated heterocycles. The van der Waals surface area contributed by atoms with Gasteiger partial charge in [-0.25, -0.2) is 4.99 Å². The topological polar surface area (TPSA) is 82.8 Å². The number of rotatable bonds is 6. The van der Waals surface area contributed by atoms with Gasteiger partial charge in [0.05, 0.1) is 18.0 Å². The average molecular weight is 501 g/mol. The number of nitro benzene ring substituents is 1. The molecule has 1 aliphatic heterocycles. The molecule has 1 atom stereocenters. The van der Waals surface area contributed by atoms with Crippen molar-refractivity contribution in [2.24, 2.45) is 4.99 Å². The van der Waals surface area contributed by atoms with Gasteiger partial charge in [0.2, 0.25) is 0 Å². The quantitative estimate of drug-likeness (QED) is 0.206. The van der Waals surface area contributed by atoms with Gasteiger partial charge < -0.3 is 10.6 Å². The summed E-state index contributed by atoms with van der Waals surface area (Å²) in [5, 5.41) is 17.0. The van der Waals surface area contributed by atoms with E-state index in [1.165, 1.54) is 17.0 Å². The highest BCUT2D eigenvalue weighted by molar-refractivity contribution is 14.0. The zero-order valence-electron chi connectivity index (χ0n) is 14.8. The van der Waals surface area contributed by atoms with Crippen molar-refractivity contribution in [2.75, 3.05) is 26.2 Å². The first kappa shape index (κ1) is 23.4. The first-order valence-corrected chi connectivity index (χ1v) is 8.34. The van der Waals surface area contributed by atoms with Crippen molar-refractivity contribution in [3.63, 3.8) is 0 Å². The Morgan fingerprint density at radius 3 is 2.81 bits per heavy atom. The van der Waals surface area contributed by atoms with Crippen LogP contribution in [0.5, 0.6) is 0 Å². The molecule has 0 aromatic heterocycles. The molecule has 1 aromatic rings. The van der Waals surface area contributed by atoms with Crippen LogP contribution in [-0.2, 0) is 6.54 Å². The molecule has 27 heavy (non-hydrogen) atoms. The van der Waals surface area contributed by atoms with Crippen molar-refractivity contribution in [3.05, 3.63) is 39.9 Å². The SMILES string of the molecule is CCNC(=NCc1cccc([N+](=O)[O-])c1)NC1CCN(CC(F)(F)F)C1.I. The summed E-state index contributed by atoms with van der Waals surface area (Å²) < 4.78 is 37.4. The summed E-state index contributed by atoms with van der Waals surface area (Å²) >= 11 is 0. The second-order valence-corrected chi connectivity index (χ2v) is 6.10. The first-order valence-electron chi connectivity index (χ1n) is 8.34. The van der Waals surface area contributed by atoms with Gasteiger partial charge in [-0.1, -0.05) is 12.1 Å². The Labute approximate surface area is 172 Å². The van der Waals surface area contributed by atoms with Crippen LogP contribution in [0.3, 0.4) is 0 Å². The molecule has 0 aliphatic carbocycles. The van der Waals surface area contributed by atoms with Gasteiger partial charge in [-0.15, -0.1) is 24.0 Å². The van der Waals surface area contributed by atoms with E-state index in [4.69, 9.17) is 0 Å². The van der Waals surface area contributed by atoms with E-state index in [1.807, 2.05) is 6.92 Å². The molecule has 0 spiro atoms. The molecular weight excluding hydrogens is 478 g/mol. The molecular formula is C16H23F3IN5O2. The Morgan fingerprint density at radius 2 is 2.19 bits per heavy atom. The summed E-state index contributed by atoms with van der Waals surface area (Å²) in [7, 11) is 0. The lowest BCUT2D eigenvalue weighted by molar-refractivity contribution is -0.384. The Hall–Kier alpha value is -1.63. The summed E-state index contributed by atoms with van der Waals surface area (Å²) in [4.78, 5) is 16.1. The predicted octanol–water partition coefficient (Wildman–Crippen LogP) is 2.90. The van der Waals surface area contributed by atoms with Crippen molar-refractivity contribution in [2.45, 2.75) is 32.1 Å². The summed E-state index contributed by atoms with van der Waals surface area (Å²) in [6, 6.07) is 6.06. The fraction of sp³-hybridized carbons (Fsp3) is 0.562. The number of benzene rings is 1. The highest BCUT2D eigenvalue weighted by Crippen LogP contribution is 2.20. The van der Waals surface area contributed by atoms with Crippen LogP contribution in [0.2, 0.25) is 0 Å². The van der Waals surface area contributed by atoms with E-state index in [2.05, 4.69) is 15.6 Å². The van der Waals surface area contributed by atoms with Crippen LogP contribution in [0.4, 0.5) is 18.9 Å². The number of likely N-dealkylation sites (tertiary alicyclic amines) is 1. The third kappa shape index (κ3) is 8.28. The van der Waals surface area contributed by atoms with Gasteiger partial charge in [0.25, 0.3) is 5.69 Å². The molecule has 1 heterocycles. The van der Waals surface area contributed by atoms with Gasteiger partial charge in [0.1, 0.15) is 0 Å². The highest BCUT2D eigenvalue weighted by Gasteiger charge is 2.34. The Balaban J connectivity index is 0.00000364. The zero-order valence-corrected chi connectivity index (χ0v) is 17.2. The molecule has 0 saturated carbocycles. The Morgan fingerprint density at radius 1 is 1.44 bits per heavy atom. The molecule has 11 heteroatoms.